The van der Waals surface area contributed by atoms with Gasteiger partial charge in [-0.3, -0.25) is 14.3 Å². The van der Waals surface area contributed by atoms with Gasteiger partial charge in [0.25, 0.3) is 5.56 Å². The van der Waals surface area contributed by atoms with Gasteiger partial charge in [0, 0.05) is 44.4 Å². The molecule has 128 valence electrons. The van der Waals surface area contributed by atoms with Gasteiger partial charge in [-0.25, -0.2) is 0 Å². The van der Waals surface area contributed by atoms with Gasteiger partial charge < -0.3 is 9.88 Å². The van der Waals surface area contributed by atoms with Gasteiger partial charge in [0.1, 0.15) is 0 Å². The zero-order valence-electron chi connectivity index (χ0n) is 14.1. The van der Waals surface area contributed by atoms with Crippen LogP contribution in [0, 0.1) is 0 Å². The van der Waals surface area contributed by atoms with E-state index in [1.54, 1.807) is 27.6 Å². The van der Waals surface area contributed by atoms with Crippen LogP contribution in [0.15, 0.2) is 35.4 Å². The van der Waals surface area contributed by atoms with E-state index >= 15 is 0 Å². The number of amides is 1. The average molecular weight is 328 g/mol. The summed E-state index contributed by atoms with van der Waals surface area (Å²) >= 11 is 0. The summed E-state index contributed by atoms with van der Waals surface area (Å²) in [6, 6.07) is 4.99. The van der Waals surface area contributed by atoms with E-state index in [9.17, 15) is 9.59 Å². The Morgan fingerprint density at radius 1 is 1.29 bits per heavy atom. The third-order valence-electron chi connectivity index (χ3n) is 4.60. The standard InChI is InChI=1S/C18H24N4O2/c1-21-13-15(18(20-21)14-7-3-2-4-8-14)19-16(23)10-12-22-11-6-5-9-17(22)24/h5-6,9,11,13-14H,2-4,7-8,10,12H2,1H3,(H,19,23). The number of carbonyl (C=O) groups is 1. The molecule has 24 heavy (non-hydrogen) atoms. The normalized spacial score (nSPS) is 15.4. The first-order valence-electron chi connectivity index (χ1n) is 8.62. The zero-order chi connectivity index (χ0) is 16.9. The molecule has 0 bridgehead atoms. The minimum atomic E-state index is -0.0884. The predicted octanol–water partition coefficient (Wildman–Crippen LogP) is 2.66. The topological polar surface area (TPSA) is 68.9 Å². The molecule has 1 saturated carbocycles. The van der Waals surface area contributed by atoms with Crippen molar-refractivity contribution in [1.29, 1.82) is 0 Å². The molecule has 1 amide bonds. The summed E-state index contributed by atoms with van der Waals surface area (Å²) in [7, 11) is 1.88. The summed E-state index contributed by atoms with van der Waals surface area (Å²) in [5, 5.41) is 7.55. The van der Waals surface area contributed by atoms with Crippen LogP contribution in [0.3, 0.4) is 0 Å². The first kappa shape index (κ1) is 16.5. The lowest BCUT2D eigenvalue weighted by Gasteiger charge is -2.20. The second-order valence-electron chi connectivity index (χ2n) is 6.47. The molecule has 6 nitrogen and oxygen atoms in total. The maximum Gasteiger partial charge on any atom is 0.250 e. The molecule has 0 spiro atoms. The van der Waals surface area contributed by atoms with Crippen molar-refractivity contribution in [2.24, 2.45) is 7.05 Å². The molecule has 6 heteroatoms. The van der Waals surface area contributed by atoms with Gasteiger partial charge in [0.15, 0.2) is 0 Å². The first-order valence-corrected chi connectivity index (χ1v) is 8.62. The van der Waals surface area contributed by atoms with Crippen molar-refractivity contribution in [3.63, 3.8) is 0 Å². The number of hydrogen-bond acceptors (Lipinski definition) is 3. The molecule has 0 unspecified atom stereocenters. The molecule has 1 aliphatic rings. The number of nitrogens with zero attached hydrogens (tertiary/aromatic N) is 3. The van der Waals surface area contributed by atoms with Gasteiger partial charge in [-0.2, -0.15) is 5.10 Å². The minimum absolute atomic E-state index is 0.0872. The molecule has 0 aromatic carbocycles. The quantitative estimate of drug-likeness (QED) is 0.917. The van der Waals surface area contributed by atoms with Gasteiger partial charge in [-0.1, -0.05) is 25.3 Å². The third kappa shape index (κ3) is 3.93. The Kier molecular flexibility index (Phi) is 5.13. The smallest absolute Gasteiger partial charge is 0.250 e. The molecule has 0 atom stereocenters. The van der Waals surface area contributed by atoms with Crippen molar-refractivity contribution in [2.75, 3.05) is 5.32 Å². The Labute approximate surface area is 141 Å². The Morgan fingerprint density at radius 3 is 2.83 bits per heavy atom. The molecule has 1 aliphatic carbocycles. The number of rotatable bonds is 5. The molecular formula is C18H24N4O2. The van der Waals surface area contributed by atoms with Crippen molar-refractivity contribution in [1.82, 2.24) is 14.3 Å². The molecule has 3 rings (SSSR count). The first-order chi connectivity index (χ1) is 11.6. The summed E-state index contributed by atoms with van der Waals surface area (Å²) in [6.45, 7) is 0.379. The Morgan fingerprint density at radius 2 is 2.08 bits per heavy atom. The molecule has 2 aromatic heterocycles. The minimum Gasteiger partial charge on any atom is -0.323 e. The lowest BCUT2D eigenvalue weighted by Crippen LogP contribution is -2.22. The van der Waals surface area contributed by atoms with Crippen LogP contribution in [0.5, 0.6) is 0 Å². The van der Waals surface area contributed by atoms with E-state index in [-0.39, 0.29) is 17.9 Å². The highest BCUT2D eigenvalue weighted by atomic mass is 16.1. The van der Waals surface area contributed by atoms with Crippen LogP contribution in [0.2, 0.25) is 0 Å². The van der Waals surface area contributed by atoms with Crippen LogP contribution in [0.1, 0.15) is 50.1 Å². The molecular weight excluding hydrogens is 304 g/mol. The van der Waals surface area contributed by atoms with Crippen molar-refractivity contribution in [3.05, 3.63) is 46.6 Å². The van der Waals surface area contributed by atoms with E-state index in [0.717, 1.165) is 24.2 Å². The summed E-state index contributed by atoms with van der Waals surface area (Å²) < 4.78 is 3.31. The Bertz CT molecular complexity index is 756. The van der Waals surface area contributed by atoms with E-state index in [1.807, 2.05) is 13.2 Å². The van der Waals surface area contributed by atoms with Crippen LogP contribution in [-0.4, -0.2) is 20.3 Å². The summed E-state index contributed by atoms with van der Waals surface area (Å²) in [4.78, 5) is 23.9. The number of pyridine rings is 1. The summed E-state index contributed by atoms with van der Waals surface area (Å²) in [5.41, 5.74) is 1.73. The fraction of sp³-hybridized carbons (Fsp3) is 0.500. The molecule has 1 N–H and O–H groups in total. The van der Waals surface area contributed by atoms with Crippen LogP contribution in [0.4, 0.5) is 5.69 Å². The van der Waals surface area contributed by atoms with Gasteiger partial charge >= 0.3 is 0 Å². The van der Waals surface area contributed by atoms with E-state index in [4.69, 9.17) is 0 Å². The third-order valence-corrected chi connectivity index (χ3v) is 4.60. The van der Waals surface area contributed by atoms with Gasteiger partial charge in [-0.05, 0) is 18.9 Å². The monoisotopic (exact) mass is 328 g/mol. The lowest BCUT2D eigenvalue weighted by molar-refractivity contribution is -0.116. The fourth-order valence-electron chi connectivity index (χ4n) is 3.36. The van der Waals surface area contributed by atoms with Crippen molar-refractivity contribution in [3.8, 4) is 0 Å². The molecule has 2 aromatic rings. The van der Waals surface area contributed by atoms with Crippen LogP contribution < -0.4 is 10.9 Å². The van der Waals surface area contributed by atoms with Crippen molar-refractivity contribution in [2.45, 2.75) is 51.0 Å². The summed E-state index contributed by atoms with van der Waals surface area (Å²) in [5.74, 6) is 0.350. The van der Waals surface area contributed by atoms with Gasteiger partial charge in [-0.15, -0.1) is 0 Å². The van der Waals surface area contributed by atoms with Crippen molar-refractivity contribution < 1.29 is 4.79 Å². The number of anilines is 1. The number of aromatic nitrogens is 3. The zero-order valence-corrected chi connectivity index (χ0v) is 14.1. The van der Waals surface area contributed by atoms with E-state index < -0.39 is 0 Å². The van der Waals surface area contributed by atoms with Crippen LogP contribution in [-0.2, 0) is 18.4 Å². The largest absolute Gasteiger partial charge is 0.323 e. The number of nitrogens with one attached hydrogen (secondary N) is 1. The number of aryl methyl sites for hydroxylation is 2. The highest BCUT2D eigenvalue weighted by Gasteiger charge is 2.22. The van der Waals surface area contributed by atoms with Crippen LogP contribution >= 0.6 is 0 Å². The van der Waals surface area contributed by atoms with Gasteiger partial charge in [0.2, 0.25) is 5.91 Å². The molecule has 2 heterocycles. The predicted molar refractivity (Wildman–Crippen MR) is 93.0 cm³/mol. The number of hydrogen-bond donors (Lipinski definition) is 1. The average Bonchev–Trinajstić information content (AvgIpc) is 2.95. The molecule has 1 fully saturated rings. The second-order valence-corrected chi connectivity index (χ2v) is 6.47. The highest BCUT2D eigenvalue weighted by Crippen LogP contribution is 2.35. The Hall–Kier alpha value is -2.37. The highest BCUT2D eigenvalue weighted by molar-refractivity contribution is 5.91. The SMILES string of the molecule is Cn1cc(NC(=O)CCn2ccccc2=O)c(C2CCCCC2)n1. The van der Waals surface area contributed by atoms with E-state index in [0.29, 0.717) is 12.5 Å². The lowest BCUT2D eigenvalue weighted by atomic mass is 9.86. The molecule has 0 radical (unpaired) electrons. The van der Waals surface area contributed by atoms with E-state index in [2.05, 4.69) is 10.4 Å². The number of carbonyl (C=O) groups excluding carboxylic acids is 1. The maximum atomic E-state index is 12.3. The second kappa shape index (κ2) is 7.47. The maximum absolute atomic E-state index is 12.3. The van der Waals surface area contributed by atoms with E-state index in [1.165, 1.54) is 25.3 Å². The molecule has 0 saturated heterocycles. The van der Waals surface area contributed by atoms with Crippen molar-refractivity contribution >= 4 is 11.6 Å². The summed E-state index contributed by atoms with van der Waals surface area (Å²) in [6.07, 6.45) is 9.86. The molecule has 0 aliphatic heterocycles. The van der Waals surface area contributed by atoms with Crippen LogP contribution in [0.25, 0.3) is 0 Å². The van der Waals surface area contributed by atoms with Gasteiger partial charge in [0.05, 0.1) is 11.4 Å². The fourth-order valence-corrected chi connectivity index (χ4v) is 3.36. The Balaban J connectivity index is 1.64.